The number of fused-ring (bicyclic) bond motifs is 3. The average Bonchev–Trinajstić information content (AvgIpc) is 2.47. The van der Waals surface area contributed by atoms with Crippen LogP contribution in [0.15, 0.2) is 54.6 Å². The molecule has 0 amide bonds. The second-order valence-corrected chi connectivity index (χ2v) is 6.06. The number of hydrogen-bond donors (Lipinski definition) is 0. The molecule has 20 heavy (non-hydrogen) atoms. The fourth-order valence-electron chi connectivity index (χ4n) is 3.81. The Hall–Kier alpha value is -1.89. The van der Waals surface area contributed by atoms with Gasteiger partial charge in [0.25, 0.3) is 0 Å². The van der Waals surface area contributed by atoms with Crippen LogP contribution in [0.3, 0.4) is 0 Å². The Morgan fingerprint density at radius 2 is 1.75 bits per heavy atom. The van der Waals surface area contributed by atoms with E-state index in [4.69, 9.17) is 0 Å². The summed E-state index contributed by atoms with van der Waals surface area (Å²) in [6.45, 7) is 0. The van der Waals surface area contributed by atoms with Crippen LogP contribution in [0, 0.1) is 11.8 Å². The summed E-state index contributed by atoms with van der Waals surface area (Å²) in [6.07, 6.45) is 7.72. The van der Waals surface area contributed by atoms with Gasteiger partial charge in [0, 0.05) is 17.8 Å². The number of rotatable bonds is 1. The first-order valence-electron chi connectivity index (χ1n) is 7.54. The molecule has 2 aliphatic rings. The largest absolute Gasteiger partial charge is 0.299 e. The minimum atomic E-state index is 0.199. The fraction of sp³-hybridized carbons (Fsp3) is 0.316. The normalized spacial score (nSPS) is 28.8. The molecule has 2 bridgehead atoms. The van der Waals surface area contributed by atoms with Crippen molar-refractivity contribution in [2.75, 3.05) is 0 Å². The third-order valence-corrected chi connectivity index (χ3v) is 4.90. The topological polar surface area (TPSA) is 17.1 Å². The van der Waals surface area contributed by atoms with Crippen molar-refractivity contribution in [1.29, 1.82) is 0 Å². The lowest BCUT2D eigenvalue weighted by Crippen LogP contribution is -2.34. The molecule has 0 spiro atoms. The van der Waals surface area contributed by atoms with Crippen molar-refractivity contribution in [1.82, 2.24) is 0 Å². The average molecular weight is 262 g/mol. The molecule has 4 rings (SSSR count). The van der Waals surface area contributed by atoms with Gasteiger partial charge >= 0.3 is 0 Å². The Morgan fingerprint density at radius 3 is 2.65 bits per heavy atom. The van der Waals surface area contributed by atoms with Gasteiger partial charge in [-0.25, -0.2) is 0 Å². The summed E-state index contributed by atoms with van der Waals surface area (Å²) in [6, 6.07) is 15.1. The monoisotopic (exact) mass is 262 g/mol. The van der Waals surface area contributed by atoms with E-state index in [0.717, 1.165) is 12.8 Å². The number of hydrogen-bond acceptors (Lipinski definition) is 1. The van der Waals surface area contributed by atoms with E-state index in [0.29, 0.717) is 5.78 Å². The Bertz CT molecular complexity index is 698. The highest BCUT2D eigenvalue weighted by molar-refractivity contribution is 5.89. The minimum Gasteiger partial charge on any atom is -0.299 e. The molecule has 1 nitrogen and oxygen atoms in total. The fourth-order valence-corrected chi connectivity index (χ4v) is 3.81. The summed E-state index contributed by atoms with van der Waals surface area (Å²) in [5.74, 6) is 1.16. The van der Waals surface area contributed by atoms with Crippen LogP contribution >= 0.6 is 0 Å². The van der Waals surface area contributed by atoms with Crippen molar-refractivity contribution >= 4 is 16.6 Å². The predicted molar refractivity (Wildman–Crippen MR) is 81.7 cm³/mol. The Kier molecular flexibility index (Phi) is 2.73. The summed E-state index contributed by atoms with van der Waals surface area (Å²) < 4.78 is 0. The van der Waals surface area contributed by atoms with Gasteiger partial charge in [0.05, 0.1) is 0 Å². The highest BCUT2D eigenvalue weighted by Crippen LogP contribution is 2.41. The number of benzene rings is 2. The van der Waals surface area contributed by atoms with Crippen LogP contribution in [0.1, 0.15) is 30.7 Å². The minimum absolute atomic E-state index is 0.199. The van der Waals surface area contributed by atoms with Crippen LogP contribution in [0.4, 0.5) is 0 Å². The smallest absolute Gasteiger partial charge is 0.143 e. The Labute approximate surface area is 119 Å². The molecule has 1 heteroatoms. The first-order valence-corrected chi connectivity index (χ1v) is 7.54. The van der Waals surface area contributed by atoms with Crippen LogP contribution in [-0.4, -0.2) is 5.78 Å². The van der Waals surface area contributed by atoms with E-state index < -0.39 is 0 Å². The summed E-state index contributed by atoms with van der Waals surface area (Å²) >= 11 is 0. The first kappa shape index (κ1) is 11.9. The molecule has 0 radical (unpaired) electrons. The van der Waals surface area contributed by atoms with Gasteiger partial charge in [-0.3, -0.25) is 4.79 Å². The molecule has 100 valence electrons. The predicted octanol–water partition coefficient (Wildman–Crippen LogP) is 4.48. The standard InChI is InChI=1S/C19H18O/c20-19-14-6-3-7-18(19)17(11-10-14)16-9-8-13-4-1-2-5-15(13)12-16/h1-2,4-5,8-12,14,17-18H,3,6-7H2/t14?,17-,18?/m0/s1. The van der Waals surface area contributed by atoms with Gasteiger partial charge in [-0.05, 0) is 29.2 Å². The molecular weight excluding hydrogens is 244 g/mol. The van der Waals surface area contributed by atoms with Crippen molar-refractivity contribution in [3.63, 3.8) is 0 Å². The van der Waals surface area contributed by atoms with Crippen molar-refractivity contribution < 1.29 is 4.79 Å². The quantitative estimate of drug-likeness (QED) is 0.693. The Morgan fingerprint density at radius 1 is 0.900 bits per heavy atom. The zero-order valence-electron chi connectivity index (χ0n) is 11.5. The number of ketones is 1. The molecule has 0 saturated heterocycles. The number of Topliss-reactive ketones (excluding diaryl/α,β-unsaturated/α-hetero) is 1. The van der Waals surface area contributed by atoms with Crippen LogP contribution in [-0.2, 0) is 4.79 Å². The highest BCUT2D eigenvalue weighted by Gasteiger charge is 2.37. The van der Waals surface area contributed by atoms with Crippen molar-refractivity contribution in [3.8, 4) is 0 Å². The zero-order valence-corrected chi connectivity index (χ0v) is 11.5. The summed E-state index contributed by atoms with van der Waals surface area (Å²) in [5, 5.41) is 2.53. The summed E-state index contributed by atoms with van der Waals surface area (Å²) in [7, 11) is 0. The van der Waals surface area contributed by atoms with Gasteiger partial charge in [-0.2, -0.15) is 0 Å². The van der Waals surface area contributed by atoms with Crippen LogP contribution in [0.25, 0.3) is 10.8 Å². The zero-order chi connectivity index (χ0) is 13.5. The maximum absolute atomic E-state index is 12.4. The van der Waals surface area contributed by atoms with E-state index in [-0.39, 0.29) is 17.8 Å². The van der Waals surface area contributed by atoms with Crippen molar-refractivity contribution in [2.24, 2.45) is 11.8 Å². The van der Waals surface area contributed by atoms with E-state index in [1.807, 2.05) is 0 Å². The second kappa shape index (κ2) is 4.59. The maximum Gasteiger partial charge on any atom is 0.143 e. The highest BCUT2D eigenvalue weighted by atomic mass is 16.1. The van der Waals surface area contributed by atoms with E-state index in [1.165, 1.54) is 22.8 Å². The molecular formula is C19H18O. The second-order valence-electron chi connectivity index (χ2n) is 6.06. The third kappa shape index (κ3) is 1.81. The molecule has 0 heterocycles. The summed E-state index contributed by atoms with van der Waals surface area (Å²) in [5.41, 5.74) is 1.29. The first-order chi connectivity index (χ1) is 9.83. The molecule has 3 atom stereocenters. The van der Waals surface area contributed by atoms with E-state index >= 15 is 0 Å². The Balaban J connectivity index is 1.78. The van der Waals surface area contributed by atoms with Gasteiger partial charge in [0.1, 0.15) is 5.78 Å². The van der Waals surface area contributed by atoms with Crippen LogP contribution in [0.2, 0.25) is 0 Å². The molecule has 0 aliphatic heterocycles. The van der Waals surface area contributed by atoms with Gasteiger partial charge in [-0.1, -0.05) is 61.0 Å². The lowest BCUT2D eigenvalue weighted by Gasteiger charge is -2.35. The van der Waals surface area contributed by atoms with Gasteiger partial charge in [0.15, 0.2) is 0 Å². The lowest BCUT2D eigenvalue weighted by atomic mass is 9.68. The molecule has 2 aromatic carbocycles. The van der Waals surface area contributed by atoms with Crippen molar-refractivity contribution in [3.05, 3.63) is 60.2 Å². The SMILES string of the molecule is O=C1C2C=C[C@@H](c3ccc4ccccc4c3)C1CCC2. The lowest BCUT2D eigenvalue weighted by molar-refractivity contribution is -0.128. The van der Waals surface area contributed by atoms with Gasteiger partial charge in [0.2, 0.25) is 0 Å². The van der Waals surface area contributed by atoms with Gasteiger partial charge < -0.3 is 0 Å². The number of allylic oxidation sites excluding steroid dienone is 2. The van der Waals surface area contributed by atoms with E-state index in [2.05, 4.69) is 54.6 Å². The number of carbonyl (C=O) groups excluding carboxylic acids is 1. The summed E-state index contributed by atoms with van der Waals surface area (Å²) in [4.78, 5) is 12.4. The molecule has 0 aromatic heterocycles. The third-order valence-electron chi connectivity index (χ3n) is 4.90. The molecule has 2 unspecified atom stereocenters. The van der Waals surface area contributed by atoms with Crippen LogP contribution < -0.4 is 0 Å². The molecule has 2 aromatic rings. The van der Waals surface area contributed by atoms with Crippen molar-refractivity contribution in [2.45, 2.75) is 25.2 Å². The maximum atomic E-state index is 12.4. The molecule has 0 N–H and O–H groups in total. The van der Waals surface area contributed by atoms with E-state index in [9.17, 15) is 4.79 Å². The molecule has 2 aliphatic carbocycles. The number of carbonyl (C=O) groups is 1. The van der Waals surface area contributed by atoms with Crippen LogP contribution in [0.5, 0.6) is 0 Å². The van der Waals surface area contributed by atoms with E-state index in [1.54, 1.807) is 0 Å². The van der Waals surface area contributed by atoms with Gasteiger partial charge in [-0.15, -0.1) is 0 Å². The molecule has 1 fully saturated rings. The molecule has 1 saturated carbocycles.